The first-order valence-electron chi connectivity index (χ1n) is 6.30. The van der Waals surface area contributed by atoms with E-state index in [1.165, 1.54) is 0 Å². The van der Waals surface area contributed by atoms with Gasteiger partial charge in [0, 0.05) is 12.2 Å². The lowest BCUT2D eigenvalue weighted by Crippen LogP contribution is -2.23. The smallest absolute Gasteiger partial charge is 0.240 e. The van der Waals surface area contributed by atoms with Gasteiger partial charge in [0.1, 0.15) is 0 Å². The van der Waals surface area contributed by atoms with E-state index >= 15 is 0 Å². The standard InChI is InChI=1S/C15H18N2O2S/c1-11-5-3-7-14(9-11)20(18,19)17-10-13-6-4-8-15(16)12(13)2/h3-9,17H,10,16H2,1-2H3. The van der Waals surface area contributed by atoms with E-state index in [-0.39, 0.29) is 11.4 Å². The number of nitrogen functional groups attached to an aromatic ring is 1. The third-order valence-corrected chi connectivity index (χ3v) is 4.64. The molecule has 0 aliphatic carbocycles. The van der Waals surface area contributed by atoms with Crippen molar-refractivity contribution in [3.8, 4) is 0 Å². The van der Waals surface area contributed by atoms with Crippen LogP contribution in [0.3, 0.4) is 0 Å². The zero-order valence-electron chi connectivity index (χ0n) is 11.6. The maximum atomic E-state index is 12.2. The molecule has 0 aliphatic rings. The molecule has 0 atom stereocenters. The molecule has 5 heteroatoms. The van der Waals surface area contributed by atoms with Crippen LogP contribution in [0.25, 0.3) is 0 Å². The van der Waals surface area contributed by atoms with E-state index in [1.54, 1.807) is 24.3 Å². The molecule has 0 unspecified atom stereocenters. The Balaban J connectivity index is 2.20. The zero-order valence-corrected chi connectivity index (χ0v) is 12.4. The number of hydrogen-bond donors (Lipinski definition) is 2. The van der Waals surface area contributed by atoms with Crippen molar-refractivity contribution in [1.29, 1.82) is 0 Å². The Morgan fingerprint density at radius 2 is 1.80 bits per heavy atom. The lowest BCUT2D eigenvalue weighted by molar-refractivity contribution is 0.581. The fourth-order valence-corrected chi connectivity index (χ4v) is 3.04. The highest BCUT2D eigenvalue weighted by Crippen LogP contribution is 2.17. The summed E-state index contributed by atoms with van der Waals surface area (Å²) in [4.78, 5) is 0.277. The van der Waals surface area contributed by atoms with Gasteiger partial charge in [-0.2, -0.15) is 0 Å². The minimum atomic E-state index is -3.50. The lowest BCUT2D eigenvalue weighted by atomic mass is 10.1. The van der Waals surface area contributed by atoms with Gasteiger partial charge in [0.25, 0.3) is 0 Å². The largest absolute Gasteiger partial charge is 0.399 e. The summed E-state index contributed by atoms with van der Waals surface area (Å²) in [7, 11) is -3.50. The van der Waals surface area contributed by atoms with Gasteiger partial charge in [-0.15, -0.1) is 0 Å². The number of hydrogen-bond acceptors (Lipinski definition) is 3. The zero-order chi connectivity index (χ0) is 14.8. The highest BCUT2D eigenvalue weighted by Gasteiger charge is 2.14. The summed E-state index contributed by atoms with van der Waals surface area (Å²) < 4.78 is 27.0. The van der Waals surface area contributed by atoms with E-state index in [9.17, 15) is 8.42 Å². The molecule has 0 bridgehead atoms. The highest BCUT2D eigenvalue weighted by molar-refractivity contribution is 7.89. The molecule has 0 saturated carbocycles. The molecule has 2 aromatic carbocycles. The van der Waals surface area contributed by atoms with Crippen LogP contribution in [-0.4, -0.2) is 8.42 Å². The van der Waals surface area contributed by atoms with Crippen LogP contribution >= 0.6 is 0 Å². The van der Waals surface area contributed by atoms with Crippen LogP contribution in [0.4, 0.5) is 5.69 Å². The quantitative estimate of drug-likeness (QED) is 0.849. The summed E-state index contributed by atoms with van der Waals surface area (Å²) in [6, 6.07) is 12.3. The fraction of sp³-hybridized carbons (Fsp3) is 0.200. The Bertz CT molecular complexity index is 724. The molecule has 2 aromatic rings. The minimum Gasteiger partial charge on any atom is -0.399 e. The van der Waals surface area contributed by atoms with E-state index in [1.807, 2.05) is 32.0 Å². The van der Waals surface area contributed by atoms with Crippen LogP contribution in [0.5, 0.6) is 0 Å². The van der Waals surface area contributed by atoms with Crippen LogP contribution in [0, 0.1) is 13.8 Å². The first-order valence-corrected chi connectivity index (χ1v) is 7.79. The first-order chi connectivity index (χ1) is 9.40. The molecule has 4 nitrogen and oxygen atoms in total. The summed E-state index contributed by atoms with van der Waals surface area (Å²) in [5.74, 6) is 0. The van der Waals surface area contributed by atoms with Crippen molar-refractivity contribution < 1.29 is 8.42 Å². The molecule has 0 spiro atoms. The third kappa shape index (κ3) is 3.18. The molecule has 0 heterocycles. The highest BCUT2D eigenvalue weighted by atomic mass is 32.2. The average Bonchev–Trinajstić information content (AvgIpc) is 2.40. The molecule has 20 heavy (non-hydrogen) atoms. The van der Waals surface area contributed by atoms with Gasteiger partial charge in [-0.3, -0.25) is 0 Å². The summed E-state index contributed by atoms with van der Waals surface area (Å²) in [6.45, 7) is 3.97. The second-order valence-electron chi connectivity index (χ2n) is 4.77. The molecule has 0 radical (unpaired) electrons. The Morgan fingerprint density at radius 1 is 1.10 bits per heavy atom. The summed E-state index contributed by atoms with van der Waals surface area (Å²) in [5.41, 5.74) is 9.17. The van der Waals surface area contributed by atoms with Gasteiger partial charge < -0.3 is 5.73 Å². The van der Waals surface area contributed by atoms with Crippen LogP contribution in [0.2, 0.25) is 0 Å². The number of anilines is 1. The SMILES string of the molecule is Cc1cccc(S(=O)(=O)NCc2cccc(N)c2C)c1. The molecule has 0 saturated heterocycles. The van der Waals surface area contributed by atoms with Gasteiger partial charge in [0.05, 0.1) is 4.90 Å². The van der Waals surface area contributed by atoms with Crippen molar-refractivity contribution >= 4 is 15.7 Å². The second-order valence-corrected chi connectivity index (χ2v) is 6.54. The van der Waals surface area contributed by atoms with Crippen molar-refractivity contribution in [2.45, 2.75) is 25.3 Å². The van der Waals surface area contributed by atoms with Crippen LogP contribution in [0.15, 0.2) is 47.4 Å². The topological polar surface area (TPSA) is 72.2 Å². The number of sulfonamides is 1. The molecule has 3 N–H and O–H groups in total. The average molecular weight is 290 g/mol. The maximum Gasteiger partial charge on any atom is 0.240 e. The van der Waals surface area contributed by atoms with Crippen molar-refractivity contribution in [2.75, 3.05) is 5.73 Å². The predicted molar refractivity (Wildman–Crippen MR) is 80.8 cm³/mol. The van der Waals surface area contributed by atoms with Gasteiger partial charge >= 0.3 is 0 Å². The molecule has 0 amide bonds. The first kappa shape index (κ1) is 14.6. The molecular formula is C15H18N2O2S. The third-order valence-electron chi connectivity index (χ3n) is 3.24. The van der Waals surface area contributed by atoms with Crippen LogP contribution in [-0.2, 0) is 16.6 Å². The molecule has 106 valence electrons. The van der Waals surface area contributed by atoms with Gasteiger partial charge in [0.2, 0.25) is 10.0 Å². The second kappa shape index (κ2) is 5.64. The maximum absolute atomic E-state index is 12.2. The number of aryl methyl sites for hydroxylation is 1. The van der Waals surface area contributed by atoms with Crippen LogP contribution < -0.4 is 10.5 Å². The number of benzene rings is 2. The van der Waals surface area contributed by atoms with Crippen molar-refractivity contribution in [1.82, 2.24) is 4.72 Å². The normalized spacial score (nSPS) is 11.5. The lowest BCUT2D eigenvalue weighted by Gasteiger charge is -2.10. The molecule has 0 aliphatic heterocycles. The van der Waals surface area contributed by atoms with Gasteiger partial charge in [-0.1, -0.05) is 24.3 Å². The molecule has 0 fully saturated rings. The Morgan fingerprint density at radius 3 is 2.50 bits per heavy atom. The molecule has 0 aromatic heterocycles. The monoisotopic (exact) mass is 290 g/mol. The summed E-state index contributed by atoms with van der Waals surface area (Å²) in [6.07, 6.45) is 0. The van der Waals surface area contributed by atoms with E-state index < -0.39 is 10.0 Å². The van der Waals surface area contributed by atoms with Gasteiger partial charge in [0.15, 0.2) is 0 Å². The molecule has 2 rings (SSSR count). The van der Waals surface area contributed by atoms with Crippen molar-refractivity contribution in [3.05, 3.63) is 59.2 Å². The van der Waals surface area contributed by atoms with Crippen molar-refractivity contribution in [3.63, 3.8) is 0 Å². The van der Waals surface area contributed by atoms with E-state index in [0.717, 1.165) is 16.7 Å². The summed E-state index contributed by atoms with van der Waals surface area (Å²) in [5, 5.41) is 0. The van der Waals surface area contributed by atoms with E-state index in [2.05, 4.69) is 4.72 Å². The number of nitrogens with one attached hydrogen (secondary N) is 1. The fourth-order valence-electron chi connectivity index (χ4n) is 1.93. The van der Waals surface area contributed by atoms with Gasteiger partial charge in [-0.25, -0.2) is 13.1 Å². The number of rotatable bonds is 4. The van der Waals surface area contributed by atoms with E-state index in [4.69, 9.17) is 5.73 Å². The van der Waals surface area contributed by atoms with Crippen LogP contribution in [0.1, 0.15) is 16.7 Å². The molecular weight excluding hydrogens is 272 g/mol. The Hall–Kier alpha value is -1.85. The van der Waals surface area contributed by atoms with Gasteiger partial charge in [-0.05, 0) is 48.7 Å². The van der Waals surface area contributed by atoms with E-state index in [0.29, 0.717) is 5.69 Å². The predicted octanol–water partition coefficient (Wildman–Crippen LogP) is 2.36. The van der Waals surface area contributed by atoms with Crippen molar-refractivity contribution in [2.24, 2.45) is 0 Å². The Labute approximate surface area is 119 Å². The number of nitrogens with two attached hydrogens (primary N) is 1. The Kier molecular flexibility index (Phi) is 4.11. The minimum absolute atomic E-state index is 0.229. The summed E-state index contributed by atoms with van der Waals surface area (Å²) >= 11 is 0.